The van der Waals surface area contributed by atoms with Crippen molar-refractivity contribution in [1.29, 1.82) is 0 Å². The Kier molecular flexibility index (Phi) is 5.16. The van der Waals surface area contributed by atoms with Gasteiger partial charge in [0, 0.05) is 40.3 Å². The molecule has 0 atom stereocenters. The summed E-state index contributed by atoms with van der Waals surface area (Å²) in [6.07, 6.45) is -4.39. The average molecular weight is 281 g/mol. The first-order valence-corrected chi connectivity index (χ1v) is 6.00. The van der Waals surface area contributed by atoms with Gasteiger partial charge in [0.25, 0.3) is 0 Å². The molecule has 0 bridgehead atoms. The fourth-order valence-electron chi connectivity index (χ4n) is 1.84. The lowest BCUT2D eigenvalue weighted by Gasteiger charge is -2.23. The number of halogens is 3. The molecule has 0 unspecified atom stereocenters. The molecule has 1 rings (SSSR count). The summed E-state index contributed by atoms with van der Waals surface area (Å²) in [6.45, 7) is 1.04. The second-order valence-corrected chi connectivity index (χ2v) is 4.71. The highest BCUT2D eigenvalue weighted by Gasteiger charge is 2.42. The fraction of sp³-hybridized carbons (Fsp3) is 0.818. The highest BCUT2D eigenvalue weighted by atomic mass is 19.4. The molecule has 8 heteroatoms. The van der Waals surface area contributed by atoms with Crippen molar-refractivity contribution >= 4 is 11.8 Å². The molecule has 2 amide bonds. The molecule has 1 heterocycles. The molecule has 1 aliphatic heterocycles. The minimum atomic E-state index is -4.82. The van der Waals surface area contributed by atoms with Crippen molar-refractivity contribution in [2.45, 2.75) is 12.6 Å². The second-order valence-electron chi connectivity index (χ2n) is 4.71. The van der Waals surface area contributed by atoms with E-state index in [9.17, 15) is 22.8 Å². The maximum absolute atomic E-state index is 12.3. The van der Waals surface area contributed by atoms with Crippen molar-refractivity contribution < 1.29 is 22.8 Å². The summed E-state index contributed by atoms with van der Waals surface area (Å²) in [6, 6.07) is 0. The predicted octanol–water partition coefficient (Wildman–Crippen LogP) is 0.171. The van der Waals surface area contributed by atoms with E-state index in [0.717, 1.165) is 4.90 Å². The number of carbonyl (C=O) groups is 2. The van der Waals surface area contributed by atoms with Crippen LogP contribution in [-0.2, 0) is 9.59 Å². The van der Waals surface area contributed by atoms with Crippen molar-refractivity contribution in [3.8, 4) is 0 Å². The van der Waals surface area contributed by atoms with Gasteiger partial charge in [-0.2, -0.15) is 13.2 Å². The van der Waals surface area contributed by atoms with Crippen molar-refractivity contribution in [2.75, 3.05) is 46.8 Å². The van der Waals surface area contributed by atoms with E-state index in [1.165, 1.54) is 4.90 Å². The van der Waals surface area contributed by atoms with Crippen LogP contribution in [0.25, 0.3) is 0 Å². The second kappa shape index (κ2) is 6.23. The summed E-state index contributed by atoms with van der Waals surface area (Å²) in [5.41, 5.74) is 0. The van der Waals surface area contributed by atoms with Crippen LogP contribution in [0, 0.1) is 0 Å². The largest absolute Gasteiger partial charge is 0.471 e. The zero-order chi connectivity index (χ0) is 14.6. The van der Waals surface area contributed by atoms with Crippen LogP contribution in [0.5, 0.6) is 0 Å². The summed E-state index contributed by atoms with van der Waals surface area (Å²) < 4.78 is 36.9. The molecule has 0 aromatic heterocycles. The van der Waals surface area contributed by atoms with Gasteiger partial charge in [0.15, 0.2) is 0 Å². The SMILES string of the molecule is CN(C)C(=O)CN1CCCN(C(=O)C(F)(F)F)CC1. The van der Waals surface area contributed by atoms with Gasteiger partial charge in [-0.15, -0.1) is 0 Å². The predicted molar refractivity (Wildman–Crippen MR) is 62.4 cm³/mol. The fourth-order valence-corrected chi connectivity index (χ4v) is 1.84. The molecule has 0 aromatic carbocycles. The molecular weight excluding hydrogens is 263 g/mol. The standard InChI is InChI=1S/C11H18F3N3O2/c1-15(2)9(18)8-16-4-3-5-17(7-6-16)10(19)11(12,13)14/h3-8H2,1-2H3. The molecule has 1 saturated heterocycles. The van der Waals surface area contributed by atoms with E-state index in [-0.39, 0.29) is 32.1 Å². The number of rotatable bonds is 2. The van der Waals surface area contributed by atoms with E-state index in [2.05, 4.69) is 0 Å². The molecular formula is C11H18F3N3O2. The van der Waals surface area contributed by atoms with Crippen LogP contribution in [-0.4, -0.2) is 79.5 Å². The van der Waals surface area contributed by atoms with Crippen molar-refractivity contribution in [1.82, 2.24) is 14.7 Å². The van der Waals surface area contributed by atoms with Crippen LogP contribution >= 0.6 is 0 Å². The summed E-state index contributed by atoms with van der Waals surface area (Å²) in [5.74, 6) is -1.90. The Balaban J connectivity index is 2.52. The van der Waals surface area contributed by atoms with Crippen LogP contribution in [0.4, 0.5) is 13.2 Å². The summed E-state index contributed by atoms with van der Waals surface area (Å²) in [5, 5.41) is 0. The van der Waals surface area contributed by atoms with Crippen LogP contribution in [0.3, 0.4) is 0 Å². The third kappa shape index (κ3) is 4.70. The van der Waals surface area contributed by atoms with Crippen molar-refractivity contribution in [3.05, 3.63) is 0 Å². The van der Waals surface area contributed by atoms with E-state index in [0.29, 0.717) is 13.0 Å². The van der Waals surface area contributed by atoms with E-state index in [1.807, 2.05) is 0 Å². The van der Waals surface area contributed by atoms with Crippen molar-refractivity contribution in [3.63, 3.8) is 0 Å². The van der Waals surface area contributed by atoms with Crippen LogP contribution in [0.2, 0.25) is 0 Å². The number of amides is 2. The molecule has 5 nitrogen and oxygen atoms in total. The Hall–Kier alpha value is -1.31. The van der Waals surface area contributed by atoms with E-state index in [4.69, 9.17) is 0 Å². The zero-order valence-electron chi connectivity index (χ0n) is 11.0. The lowest BCUT2D eigenvalue weighted by molar-refractivity contribution is -0.185. The number of nitrogens with zero attached hydrogens (tertiary/aromatic N) is 3. The van der Waals surface area contributed by atoms with Crippen LogP contribution in [0.1, 0.15) is 6.42 Å². The number of alkyl halides is 3. The van der Waals surface area contributed by atoms with E-state index < -0.39 is 12.1 Å². The molecule has 0 saturated carbocycles. The normalized spacial score (nSPS) is 18.1. The Morgan fingerprint density at radius 2 is 1.74 bits per heavy atom. The maximum Gasteiger partial charge on any atom is 0.471 e. The lowest BCUT2D eigenvalue weighted by atomic mass is 10.3. The monoisotopic (exact) mass is 281 g/mol. The topological polar surface area (TPSA) is 43.9 Å². The number of carbonyl (C=O) groups excluding carboxylic acids is 2. The van der Waals surface area contributed by atoms with Gasteiger partial charge in [-0.25, -0.2) is 0 Å². The molecule has 0 aromatic rings. The Labute approximate surface area is 109 Å². The van der Waals surface area contributed by atoms with Gasteiger partial charge in [0.05, 0.1) is 6.54 Å². The minimum Gasteiger partial charge on any atom is -0.348 e. The van der Waals surface area contributed by atoms with Gasteiger partial charge in [-0.3, -0.25) is 14.5 Å². The molecule has 1 aliphatic rings. The molecule has 110 valence electrons. The smallest absolute Gasteiger partial charge is 0.348 e. The number of likely N-dealkylation sites (N-methyl/N-ethyl adjacent to an activating group) is 1. The van der Waals surface area contributed by atoms with E-state index in [1.54, 1.807) is 19.0 Å². The van der Waals surface area contributed by atoms with Gasteiger partial charge in [0.2, 0.25) is 5.91 Å². The van der Waals surface area contributed by atoms with Gasteiger partial charge >= 0.3 is 12.1 Å². The van der Waals surface area contributed by atoms with Gasteiger partial charge in [-0.05, 0) is 6.42 Å². The Morgan fingerprint density at radius 3 is 2.26 bits per heavy atom. The first-order valence-electron chi connectivity index (χ1n) is 6.00. The number of hydrogen-bond donors (Lipinski definition) is 0. The van der Waals surface area contributed by atoms with Gasteiger partial charge < -0.3 is 9.80 Å². The highest BCUT2D eigenvalue weighted by Crippen LogP contribution is 2.19. The summed E-state index contributed by atoms with van der Waals surface area (Å²) in [4.78, 5) is 26.6. The highest BCUT2D eigenvalue weighted by molar-refractivity contribution is 5.82. The molecule has 0 aliphatic carbocycles. The molecule has 0 radical (unpaired) electrons. The third-order valence-electron chi connectivity index (χ3n) is 2.98. The lowest BCUT2D eigenvalue weighted by Crippen LogP contribution is -2.43. The molecule has 1 fully saturated rings. The van der Waals surface area contributed by atoms with Crippen molar-refractivity contribution in [2.24, 2.45) is 0 Å². The number of hydrogen-bond acceptors (Lipinski definition) is 3. The molecule has 0 N–H and O–H groups in total. The summed E-state index contributed by atoms with van der Waals surface area (Å²) >= 11 is 0. The molecule has 19 heavy (non-hydrogen) atoms. The minimum absolute atomic E-state index is 0.000941. The quantitative estimate of drug-likeness (QED) is 0.725. The first-order chi connectivity index (χ1) is 8.71. The first kappa shape index (κ1) is 15.7. The summed E-state index contributed by atoms with van der Waals surface area (Å²) in [7, 11) is 3.25. The molecule has 0 spiro atoms. The third-order valence-corrected chi connectivity index (χ3v) is 2.98. The Bertz CT molecular complexity index is 345. The van der Waals surface area contributed by atoms with Gasteiger partial charge in [-0.1, -0.05) is 0 Å². The maximum atomic E-state index is 12.3. The average Bonchev–Trinajstić information content (AvgIpc) is 2.52. The zero-order valence-corrected chi connectivity index (χ0v) is 11.0. The Morgan fingerprint density at radius 1 is 1.11 bits per heavy atom. The van der Waals surface area contributed by atoms with Gasteiger partial charge in [0.1, 0.15) is 0 Å². The van der Waals surface area contributed by atoms with Crippen LogP contribution < -0.4 is 0 Å². The van der Waals surface area contributed by atoms with E-state index >= 15 is 0 Å². The van der Waals surface area contributed by atoms with Crippen LogP contribution in [0.15, 0.2) is 0 Å².